The Hall–Kier alpha value is -1.98. The molecule has 2 N–H and O–H groups in total. The molecule has 1 heterocycles. The second-order valence-electron chi connectivity index (χ2n) is 6.05. The minimum Gasteiger partial charge on any atom is -0.399 e. The number of nitrogens with zero attached hydrogens (tertiary/aromatic N) is 4. The summed E-state index contributed by atoms with van der Waals surface area (Å²) in [5.41, 5.74) is 6.73. The van der Waals surface area contributed by atoms with E-state index in [1.54, 1.807) is 6.07 Å². The zero-order valence-corrected chi connectivity index (χ0v) is 12.3. The third kappa shape index (κ3) is 2.62. The molecule has 5 nitrogen and oxygen atoms in total. The lowest BCUT2D eigenvalue weighted by molar-refractivity contribution is 0.174. The second-order valence-corrected chi connectivity index (χ2v) is 6.05. The lowest BCUT2D eigenvalue weighted by Gasteiger charge is -2.34. The van der Waals surface area contributed by atoms with E-state index >= 15 is 0 Å². The Morgan fingerprint density at radius 3 is 2.81 bits per heavy atom. The van der Waals surface area contributed by atoms with Crippen molar-refractivity contribution in [1.82, 2.24) is 20.2 Å². The van der Waals surface area contributed by atoms with Gasteiger partial charge in [0.25, 0.3) is 0 Å². The van der Waals surface area contributed by atoms with Gasteiger partial charge in [0, 0.05) is 11.3 Å². The molecule has 3 atom stereocenters. The largest absolute Gasteiger partial charge is 0.399 e. The Bertz CT molecular complexity index is 618. The third-order valence-electron chi connectivity index (χ3n) is 4.65. The summed E-state index contributed by atoms with van der Waals surface area (Å²) in [5.74, 6) is 1.35. The van der Waals surface area contributed by atoms with Gasteiger partial charge in [-0.1, -0.05) is 26.7 Å². The van der Waals surface area contributed by atoms with E-state index in [-0.39, 0.29) is 11.9 Å². The van der Waals surface area contributed by atoms with Gasteiger partial charge in [0.05, 0.1) is 6.04 Å². The number of halogens is 1. The quantitative estimate of drug-likeness (QED) is 0.863. The molecule has 0 amide bonds. The highest BCUT2D eigenvalue weighted by molar-refractivity contribution is 5.61. The monoisotopic (exact) mass is 289 g/mol. The number of rotatable bonds is 2. The Morgan fingerprint density at radius 2 is 2.05 bits per heavy atom. The first-order chi connectivity index (χ1) is 10.1. The maximum atomic E-state index is 13.6. The molecule has 1 aliphatic carbocycles. The molecule has 1 aromatic carbocycles. The normalized spacial score (nSPS) is 26.0. The number of aromatic nitrogens is 4. The maximum absolute atomic E-state index is 13.6. The number of benzene rings is 1. The van der Waals surface area contributed by atoms with E-state index in [0.29, 0.717) is 28.9 Å². The number of nitrogen functional groups attached to an aromatic ring is 1. The van der Waals surface area contributed by atoms with Crippen LogP contribution in [0.15, 0.2) is 18.2 Å². The molecule has 21 heavy (non-hydrogen) atoms. The van der Waals surface area contributed by atoms with Crippen molar-refractivity contribution >= 4 is 5.69 Å². The van der Waals surface area contributed by atoms with Gasteiger partial charge >= 0.3 is 0 Å². The van der Waals surface area contributed by atoms with Crippen LogP contribution in [-0.4, -0.2) is 20.2 Å². The predicted molar refractivity (Wildman–Crippen MR) is 78.8 cm³/mol. The predicted octanol–water partition coefficient (Wildman–Crippen LogP) is 3.06. The lowest BCUT2D eigenvalue weighted by Crippen LogP contribution is -2.28. The molecule has 1 aliphatic rings. The Balaban J connectivity index is 2.00. The molecule has 6 heteroatoms. The molecule has 2 aromatic rings. The molecule has 0 spiro atoms. The number of anilines is 1. The first-order valence-corrected chi connectivity index (χ1v) is 7.40. The van der Waals surface area contributed by atoms with Crippen LogP contribution in [0.25, 0.3) is 11.4 Å². The molecule has 3 unspecified atom stereocenters. The summed E-state index contributed by atoms with van der Waals surface area (Å²) in [4.78, 5) is 0. The van der Waals surface area contributed by atoms with Gasteiger partial charge in [-0.15, -0.1) is 5.10 Å². The SMILES string of the molecule is CC1CCCC(n2nnnc2-c2cc(N)cc(F)c2)C1C. The van der Waals surface area contributed by atoms with Crippen LogP contribution in [0.1, 0.15) is 39.2 Å². The minimum atomic E-state index is -0.371. The van der Waals surface area contributed by atoms with Crippen molar-refractivity contribution in [3.05, 3.63) is 24.0 Å². The van der Waals surface area contributed by atoms with Crippen molar-refractivity contribution in [2.75, 3.05) is 5.73 Å². The highest BCUT2D eigenvalue weighted by atomic mass is 19.1. The van der Waals surface area contributed by atoms with E-state index in [4.69, 9.17) is 5.73 Å². The third-order valence-corrected chi connectivity index (χ3v) is 4.65. The van der Waals surface area contributed by atoms with Crippen molar-refractivity contribution in [2.45, 2.75) is 39.2 Å². The van der Waals surface area contributed by atoms with E-state index in [2.05, 4.69) is 29.4 Å². The molecule has 0 radical (unpaired) electrons. The van der Waals surface area contributed by atoms with E-state index < -0.39 is 0 Å². The minimum absolute atomic E-state index is 0.253. The average molecular weight is 289 g/mol. The fourth-order valence-corrected chi connectivity index (χ4v) is 3.25. The standard InChI is InChI=1S/C15H20FN5/c1-9-4-3-5-14(10(9)2)21-15(18-19-20-21)11-6-12(16)8-13(17)7-11/h6-10,14H,3-5,17H2,1-2H3. The van der Waals surface area contributed by atoms with Gasteiger partial charge < -0.3 is 5.73 Å². The Morgan fingerprint density at radius 1 is 1.24 bits per heavy atom. The maximum Gasteiger partial charge on any atom is 0.182 e. The summed E-state index contributed by atoms with van der Waals surface area (Å²) < 4.78 is 15.4. The summed E-state index contributed by atoms with van der Waals surface area (Å²) in [6.45, 7) is 4.50. The van der Waals surface area contributed by atoms with Crippen molar-refractivity contribution < 1.29 is 4.39 Å². The summed E-state index contributed by atoms with van der Waals surface area (Å²) in [6.07, 6.45) is 3.46. The molecule has 0 aliphatic heterocycles. The highest BCUT2D eigenvalue weighted by Crippen LogP contribution is 2.38. The van der Waals surface area contributed by atoms with Crippen LogP contribution in [0.2, 0.25) is 0 Å². The van der Waals surface area contributed by atoms with E-state index in [0.717, 1.165) is 6.42 Å². The topological polar surface area (TPSA) is 69.6 Å². The van der Waals surface area contributed by atoms with Crippen molar-refractivity contribution in [1.29, 1.82) is 0 Å². The van der Waals surface area contributed by atoms with Crippen molar-refractivity contribution in [3.63, 3.8) is 0 Å². The Kier molecular flexibility index (Phi) is 3.61. The summed E-state index contributed by atoms with van der Waals surface area (Å²) in [6, 6.07) is 4.68. The van der Waals surface area contributed by atoms with Crippen LogP contribution in [-0.2, 0) is 0 Å². The average Bonchev–Trinajstić information content (AvgIpc) is 2.90. The number of hydrogen-bond acceptors (Lipinski definition) is 4. The van der Waals surface area contributed by atoms with Crippen LogP contribution in [0.3, 0.4) is 0 Å². The molecule has 3 rings (SSSR count). The van der Waals surface area contributed by atoms with E-state index in [1.807, 2.05) is 4.68 Å². The summed E-state index contributed by atoms with van der Waals surface area (Å²) in [7, 11) is 0. The molecule has 1 fully saturated rings. The summed E-state index contributed by atoms with van der Waals surface area (Å²) in [5, 5.41) is 12.0. The molecule has 0 saturated heterocycles. The van der Waals surface area contributed by atoms with Crippen LogP contribution >= 0.6 is 0 Å². The smallest absolute Gasteiger partial charge is 0.182 e. The van der Waals surface area contributed by atoms with Crippen LogP contribution in [0, 0.1) is 17.7 Å². The number of tetrazole rings is 1. The van der Waals surface area contributed by atoms with Gasteiger partial charge in [0.1, 0.15) is 5.82 Å². The van der Waals surface area contributed by atoms with E-state index in [1.165, 1.54) is 25.0 Å². The molecule has 1 saturated carbocycles. The van der Waals surface area contributed by atoms with Gasteiger partial charge in [0.2, 0.25) is 0 Å². The van der Waals surface area contributed by atoms with Gasteiger partial charge in [-0.3, -0.25) is 0 Å². The van der Waals surface area contributed by atoms with Gasteiger partial charge in [-0.05, 0) is 46.9 Å². The van der Waals surface area contributed by atoms with Crippen LogP contribution in [0.4, 0.5) is 10.1 Å². The zero-order chi connectivity index (χ0) is 15.0. The molecule has 0 bridgehead atoms. The lowest BCUT2D eigenvalue weighted by atomic mass is 9.78. The van der Waals surface area contributed by atoms with Crippen LogP contribution in [0.5, 0.6) is 0 Å². The van der Waals surface area contributed by atoms with Crippen LogP contribution < -0.4 is 5.73 Å². The fourth-order valence-electron chi connectivity index (χ4n) is 3.25. The molecule has 112 valence electrons. The van der Waals surface area contributed by atoms with Gasteiger partial charge in [-0.2, -0.15) is 0 Å². The first kappa shape index (κ1) is 14.0. The first-order valence-electron chi connectivity index (χ1n) is 7.40. The molecule has 1 aromatic heterocycles. The van der Waals surface area contributed by atoms with Gasteiger partial charge in [0.15, 0.2) is 5.82 Å². The molecular weight excluding hydrogens is 269 g/mol. The highest BCUT2D eigenvalue weighted by Gasteiger charge is 2.31. The zero-order valence-electron chi connectivity index (χ0n) is 12.3. The fraction of sp³-hybridized carbons (Fsp3) is 0.533. The second kappa shape index (κ2) is 5.42. The molecular formula is C15H20FN5. The number of nitrogens with two attached hydrogens (primary N) is 1. The Labute approximate surface area is 123 Å². The van der Waals surface area contributed by atoms with Crippen molar-refractivity contribution in [3.8, 4) is 11.4 Å². The van der Waals surface area contributed by atoms with E-state index in [9.17, 15) is 4.39 Å². The number of hydrogen-bond donors (Lipinski definition) is 1. The summed E-state index contributed by atoms with van der Waals surface area (Å²) >= 11 is 0. The van der Waals surface area contributed by atoms with Gasteiger partial charge in [-0.25, -0.2) is 9.07 Å². The van der Waals surface area contributed by atoms with Crippen molar-refractivity contribution in [2.24, 2.45) is 11.8 Å².